The maximum Gasteiger partial charge on any atom is 0.409 e. The molecule has 1 saturated heterocycles. The molecule has 2 heterocycles. The Balaban J connectivity index is 1.57. The van der Waals surface area contributed by atoms with Crippen molar-refractivity contribution in [2.75, 3.05) is 32.8 Å². The molecule has 166 valence electrons. The van der Waals surface area contributed by atoms with Crippen LogP contribution in [0.2, 0.25) is 0 Å². The van der Waals surface area contributed by atoms with E-state index in [0.29, 0.717) is 37.3 Å². The third kappa shape index (κ3) is 4.08. The van der Waals surface area contributed by atoms with Gasteiger partial charge in [0.05, 0.1) is 17.7 Å². The van der Waals surface area contributed by atoms with Crippen LogP contribution >= 0.6 is 0 Å². The number of imide groups is 1. The molecule has 1 atom stereocenters. The van der Waals surface area contributed by atoms with Gasteiger partial charge in [0.25, 0.3) is 11.8 Å². The molecule has 8 nitrogen and oxygen atoms in total. The Morgan fingerprint density at radius 1 is 0.844 bits per heavy atom. The van der Waals surface area contributed by atoms with Gasteiger partial charge in [0.2, 0.25) is 5.91 Å². The van der Waals surface area contributed by atoms with Crippen LogP contribution < -0.4 is 0 Å². The molecule has 2 aromatic rings. The van der Waals surface area contributed by atoms with Crippen LogP contribution in [0.25, 0.3) is 0 Å². The van der Waals surface area contributed by atoms with Crippen molar-refractivity contribution >= 4 is 23.8 Å². The first-order valence-corrected chi connectivity index (χ1v) is 10.7. The maximum absolute atomic E-state index is 13.6. The molecule has 2 aromatic carbocycles. The summed E-state index contributed by atoms with van der Waals surface area (Å²) in [6.07, 6.45) is -0.177. The van der Waals surface area contributed by atoms with E-state index < -0.39 is 23.9 Å². The molecule has 4 amide bonds. The van der Waals surface area contributed by atoms with Crippen LogP contribution in [0.1, 0.15) is 33.2 Å². The van der Waals surface area contributed by atoms with E-state index in [1.54, 1.807) is 41.0 Å². The highest BCUT2D eigenvalue weighted by Crippen LogP contribution is 2.27. The van der Waals surface area contributed by atoms with E-state index in [9.17, 15) is 19.2 Å². The zero-order chi connectivity index (χ0) is 22.7. The van der Waals surface area contributed by atoms with Crippen LogP contribution in [-0.2, 0) is 16.0 Å². The number of hydrogen-bond acceptors (Lipinski definition) is 5. The second-order valence-electron chi connectivity index (χ2n) is 7.74. The number of carbonyl (C=O) groups excluding carboxylic acids is 4. The van der Waals surface area contributed by atoms with Crippen LogP contribution in [0.15, 0.2) is 54.6 Å². The van der Waals surface area contributed by atoms with Gasteiger partial charge in [-0.25, -0.2) is 4.79 Å². The van der Waals surface area contributed by atoms with E-state index in [0.717, 1.165) is 10.5 Å². The quantitative estimate of drug-likeness (QED) is 0.672. The van der Waals surface area contributed by atoms with Crippen molar-refractivity contribution in [1.29, 1.82) is 0 Å². The van der Waals surface area contributed by atoms with Crippen LogP contribution in [-0.4, -0.2) is 77.3 Å². The number of piperazine rings is 1. The zero-order valence-corrected chi connectivity index (χ0v) is 17.9. The number of ether oxygens (including phenoxy) is 1. The Hall–Kier alpha value is -3.68. The first-order valence-electron chi connectivity index (χ1n) is 10.7. The van der Waals surface area contributed by atoms with E-state index >= 15 is 0 Å². The average molecular weight is 435 g/mol. The zero-order valence-electron chi connectivity index (χ0n) is 17.9. The average Bonchev–Trinajstić information content (AvgIpc) is 3.08. The standard InChI is InChI=1S/C24H25N3O5/c1-2-32-24(31)26-14-12-25(13-15-26)23(30)20(16-17-8-4-3-5-9-17)27-21(28)18-10-6-7-11-19(18)22(27)29/h3-11,20H,2,12-16H2,1H3. The Morgan fingerprint density at radius 3 is 1.94 bits per heavy atom. The molecule has 0 aromatic heterocycles. The van der Waals surface area contributed by atoms with Gasteiger partial charge in [0.1, 0.15) is 6.04 Å². The molecule has 8 heteroatoms. The number of benzene rings is 2. The minimum Gasteiger partial charge on any atom is -0.450 e. The summed E-state index contributed by atoms with van der Waals surface area (Å²) in [5.41, 5.74) is 1.48. The van der Waals surface area contributed by atoms with Crippen molar-refractivity contribution in [2.24, 2.45) is 0 Å². The number of hydrogen-bond donors (Lipinski definition) is 0. The molecule has 0 bridgehead atoms. The SMILES string of the molecule is CCOC(=O)N1CCN(C(=O)C(Cc2ccccc2)N2C(=O)c3ccccc3C2=O)CC1. The molecule has 0 N–H and O–H groups in total. The van der Waals surface area contributed by atoms with Crippen molar-refractivity contribution in [2.45, 2.75) is 19.4 Å². The van der Waals surface area contributed by atoms with Gasteiger partial charge in [-0.15, -0.1) is 0 Å². The number of amides is 4. The molecule has 2 aliphatic heterocycles. The molecule has 4 rings (SSSR count). The smallest absolute Gasteiger partial charge is 0.409 e. The molecule has 32 heavy (non-hydrogen) atoms. The fourth-order valence-electron chi connectivity index (χ4n) is 4.15. The Labute approximate surface area is 186 Å². The number of fused-ring (bicyclic) bond motifs is 1. The van der Waals surface area contributed by atoms with Crippen LogP contribution in [0.5, 0.6) is 0 Å². The predicted molar refractivity (Wildman–Crippen MR) is 116 cm³/mol. The second kappa shape index (κ2) is 9.21. The van der Waals surface area contributed by atoms with Crippen LogP contribution in [0, 0.1) is 0 Å². The summed E-state index contributed by atoms with van der Waals surface area (Å²) in [6.45, 7) is 3.33. The van der Waals surface area contributed by atoms with Crippen molar-refractivity contribution in [3.05, 3.63) is 71.3 Å². The predicted octanol–water partition coefficient (Wildman–Crippen LogP) is 2.19. The van der Waals surface area contributed by atoms with Gasteiger partial charge in [-0.3, -0.25) is 19.3 Å². The van der Waals surface area contributed by atoms with Crippen molar-refractivity contribution in [1.82, 2.24) is 14.7 Å². The van der Waals surface area contributed by atoms with Gasteiger partial charge in [0.15, 0.2) is 0 Å². The molecule has 0 saturated carbocycles. The highest BCUT2D eigenvalue weighted by molar-refractivity contribution is 6.22. The van der Waals surface area contributed by atoms with E-state index in [2.05, 4.69) is 0 Å². The normalized spacial score (nSPS) is 16.7. The van der Waals surface area contributed by atoms with E-state index in [1.165, 1.54) is 0 Å². The third-order valence-electron chi connectivity index (χ3n) is 5.81. The molecular formula is C24H25N3O5. The summed E-state index contributed by atoms with van der Waals surface area (Å²) < 4.78 is 5.03. The largest absolute Gasteiger partial charge is 0.450 e. The maximum atomic E-state index is 13.6. The highest BCUT2D eigenvalue weighted by atomic mass is 16.6. The minimum atomic E-state index is -0.959. The Morgan fingerprint density at radius 2 is 1.38 bits per heavy atom. The summed E-state index contributed by atoms with van der Waals surface area (Å²) in [6, 6.07) is 15.0. The van der Waals surface area contributed by atoms with Crippen LogP contribution in [0.4, 0.5) is 4.79 Å². The fraction of sp³-hybridized carbons (Fsp3) is 0.333. The van der Waals surface area contributed by atoms with Crippen LogP contribution in [0.3, 0.4) is 0 Å². The fourth-order valence-corrected chi connectivity index (χ4v) is 4.15. The summed E-state index contributed by atoms with van der Waals surface area (Å²) >= 11 is 0. The minimum absolute atomic E-state index is 0.225. The lowest BCUT2D eigenvalue weighted by molar-refractivity contribution is -0.137. The highest BCUT2D eigenvalue weighted by Gasteiger charge is 2.44. The number of rotatable bonds is 5. The van der Waals surface area contributed by atoms with Gasteiger partial charge in [0, 0.05) is 32.6 Å². The summed E-state index contributed by atoms with van der Waals surface area (Å²) in [7, 11) is 0. The Bertz CT molecular complexity index is 996. The molecule has 1 fully saturated rings. The van der Waals surface area contributed by atoms with Crippen molar-refractivity contribution < 1.29 is 23.9 Å². The summed E-state index contributed by atoms with van der Waals surface area (Å²) in [5, 5.41) is 0. The van der Waals surface area contributed by atoms with Gasteiger partial charge in [-0.2, -0.15) is 0 Å². The van der Waals surface area contributed by atoms with Crippen molar-refractivity contribution in [3.63, 3.8) is 0 Å². The van der Waals surface area contributed by atoms with Gasteiger partial charge in [-0.1, -0.05) is 42.5 Å². The molecular weight excluding hydrogens is 410 g/mol. The topological polar surface area (TPSA) is 87.2 Å². The van der Waals surface area contributed by atoms with Gasteiger partial charge >= 0.3 is 6.09 Å². The lowest BCUT2D eigenvalue weighted by Crippen LogP contribution is -2.57. The van der Waals surface area contributed by atoms with E-state index in [4.69, 9.17) is 4.74 Å². The summed E-state index contributed by atoms with van der Waals surface area (Å²) in [5.74, 6) is -1.21. The van der Waals surface area contributed by atoms with Gasteiger partial charge in [-0.05, 0) is 24.6 Å². The lowest BCUT2D eigenvalue weighted by atomic mass is 10.0. The first-order chi connectivity index (χ1) is 15.5. The molecule has 2 aliphatic rings. The van der Waals surface area contributed by atoms with E-state index in [1.807, 2.05) is 30.3 Å². The van der Waals surface area contributed by atoms with Gasteiger partial charge < -0.3 is 14.5 Å². The third-order valence-corrected chi connectivity index (χ3v) is 5.81. The Kier molecular flexibility index (Phi) is 6.20. The molecule has 0 radical (unpaired) electrons. The molecule has 0 spiro atoms. The first kappa shape index (κ1) is 21.5. The van der Waals surface area contributed by atoms with E-state index in [-0.39, 0.29) is 18.9 Å². The molecule has 1 unspecified atom stereocenters. The lowest BCUT2D eigenvalue weighted by Gasteiger charge is -2.37. The molecule has 0 aliphatic carbocycles. The summed E-state index contributed by atoms with van der Waals surface area (Å²) in [4.78, 5) is 56.0. The monoisotopic (exact) mass is 435 g/mol. The second-order valence-corrected chi connectivity index (χ2v) is 7.74. The number of carbonyl (C=O) groups is 4. The van der Waals surface area contributed by atoms with Crippen molar-refractivity contribution in [3.8, 4) is 0 Å². The number of nitrogens with zero attached hydrogens (tertiary/aromatic N) is 3.